The van der Waals surface area contributed by atoms with Gasteiger partial charge in [0.1, 0.15) is 0 Å². The standard InChI is InChI=1S/C24H30N2O6/c1-17-5-7-19(21(13-17)29-3)31-15-23(27)25-9-11-26(12-10-25)24(28)16-32-20-8-6-18(2)14-22(20)30-4/h5-8,13-14H,9-12,15-16H2,1-4H3. The van der Waals surface area contributed by atoms with Gasteiger partial charge in [-0.25, -0.2) is 0 Å². The highest BCUT2D eigenvalue weighted by Crippen LogP contribution is 2.28. The van der Waals surface area contributed by atoms with Crippen molar-refractivity contribution in [2.24, 2.45) is 0 Å². The van der Waals surface area contributed by atoms with Crippen molar-refractivity contribution in [1.82, 2.24) is 9.80 Å². The van der Waals surface area contributed by atoms with E-state index < -0.39 is 0 Å². The first-order valence-electron chi connectivity index (χ1n) is 10.5. The lowest BCUT2D eigenvalue weighted by atomic mass is 10.2. The Morgan fingerprint density at radius 1 is 0.688 bits per heavy atom. The van der Waals surface area contributed by atoms with Gasteiger partial charge in [0.2, 0.25) is 0 Å². The van der Waals surface area contributed by atoms with Crippen LogP contribution in [0.2, 0.25) is 0 Å². The summed E-state index contributed by atoms with van der Waals surface area (Å²) < 4.78 is 21.9. The molecular formula is C24H30N2O6. The van der Waals surface area contributed by atoms with Crippen molar-refractivity contribution in [2.75, 3.05) is 53.6 Å². The molecule has 0 aromatic heterocycles. The minimum atomic E-state index is -0.125. The fraction of sp³-hybridized carbons (Fsp3) is 0.417. The van der Waals surface area contributed by atoms with Gasteiger partial charge in [-0.2, -0.15) is 0 Å². The largest absolute Gasteiger partial charge is 0.493 e. The molecule has 0 bridgehead atoms. The predicted molar refractivity (Wildman–Crippen MR) is 120 cm³/mol. The molecule has 0 saturated carbocycles. The molecule has 0 spiro atoms. The molecule has 1 heterocycles. The van der Waals surface area contributed by atoms with Crippen LogP contribution in [0.5, 0.6) is 23.0 Å². The minimum absolute atomic E-state index is 0.0797. The summed E-state index contributed by atoms with van der Waals surface area (Å²) in [6.07, 6.45) is 0. The predicted octanol–water partition coefficient (Wildman–Crippen LogP) is 2.45. The molecule has 0 aliphatic carbocycles. The number of nitrogens with zero attached hydrogens (tertiary/aromatic N) is 2. The molecule has 2 aromatic carbocycles. The number of hydrogen-bond acceptors (Lipinski definition) is 6. The van der Waals surface area contributed by atoms with E-state index in [9.17, 15) is 9.59 Å². The summed E-state index contributed by atoms with van der Waals surface area (Å²) >= 11 is 0. The Morgan fingerprint density at radius 2 is 1.06 bits per heavy atom. The zero-order valence-electron chi connectivity index (χ0n) is 19.1. The van der Waals surface area contributed by atoms with Crippen molar-refractivity contribution in [3.8, 4) is 23.0 Å². The lowest BCUT2D eigenvalue weighted by Gasteiger charge is -2.34. The summed E-state index contributed by atoms with van der Waals surface area (Å²) in [5.41, 5.74) is 2.09. The zero-order valence-corrected chi connectivity index (χ0v) is 19.1. The Kier molecular flexibility index (Phi) is 7.81. The molecule has 1 aliphatic rings. The average molecular weight is 443 g/mol. The number of hydrogen-bond donors (Lipinski definition) is 0. The molecule has 8 heteroatoms. The number of carbonyl (C=O) groups excluding carboxylic acids is 2. The second-order valence-electron chi connectivity index (χ2n) is 7.65. The molecule has 2 amide bonds. The molecule has 3 rings (SSSR count). The SMILES string of the molecule is COc1cc(C)ccc1OCC(=O)N1CCN(C(=O)COc2ccc(C)cc2OC)CC1. The van der Waals surface area contributed by atoms with Crippen LogP contribution in [-0.4, -0.2) is 75.2 Å². The summed E-state index contributed by atoms with van der Waals surface area (Å²) in [6, 6.07) is 11.1. The van der Waals surface area contributed by atoms with Gasteiger partial charge in [-0.3, -0.25) is 9.59 Å². The number of benzene rings is 2. The third-order valence-corrected chi connectivity index (χ3v) is 5.33. The van der Waals surface area contributed by atoms with Crippen LogP contribution in [0.15, 0.2) is 36.4 Å². The van der Waals surface area contributed by atoms with Gasteiger partial charge in [0.25, 0.3) is 11.8 Å². The van der Waals surface area contributed by atoms with Crippen LogP contribution in [0.1, 0.15) is 11.1 Å². The average Bonchev–Trinajstić information content (AvgIpc) is 2.81. The Morgan fingerprint density at radius 3 is 1.41 bits per heavy atom. The molecule has 0 unspecified atom stereocenters. The van der Waals surface area contributed by atoms with Crippen molar-refractivity contribution in [3.63, 3.8) is 0 Å². The highest BCUT2D eigenvalue weighted by atomic mass is 16.5. The second kappa shape index (κ2) is 10.7. The van der Waals surface area contributed by atoms with E-state index in [1.165, 1.54) is 0 Å². The quantitative estimate of drug-likeness (QED) is 0.625. The first-order chi connectivity index (χ1) is 15.4. The van der Waals surface area contributed by atoms with Crippen LogP contribution in [0.3, 0.4) is 0 Å². The van der Waals surface area contributed by atoms with Crippen molar-refractivity contribution in [3.05, 3.63) is 47.5 Å². The van der Waals surface area contributed by atoms with E-state index in [2.05, 4.69) is 0 Å². The number of carbonyl (C=O) groups is 2. The second-order valence-corrected chi connectivity index (χ2v) is 7.65. The minimum Gasteiger partial charge on any atom is -0.493 e. The van der Waals surface area contributed by atoms with Crippen molar-refractivity contribution in [2.45, 2.75) is 13.8 Å². The maximum absolute atomic E-state index is 12.5. The summed E-state index contributed by atoms with van der Waals surface area (Å²) in [4.78, 5) is 28.5. The number of ether oxygens (including phenoxy) is 4. The Labute approximate surface area is 188 Å². The summed E-state index contributed by atoms with van der Waals surface area (Å²) in [5.74, 6) is 2.01. The Hall–Kier alpha value is -3.42. The van der Waals surface area contributed by atoms with E-state index >= 15 is 0 Å². The molecule has 2 aromatic rings. The highest BCUT2D eigenvalue weighted by molar-refractivity contribution is 5.80. The normalized spacial score (nSPS) is 13.5. The number of methoxy groups -OCH3 is 2. The number of rotatable bonds is 8. The number of aryl methyl sites for hydroxylation is 2. The van der Waals surface area contributed by atoms with E-state index in [0.29, 0.717) is 49.2 Å². The van der Waals surface area contributed by atoms with Crippen LogP contribution in [0, 0.1) is 13.8 Å². The first-order valence-corrected chi connectivity index (χ1v) is 10.5. The topological polar surface area (TPSA) is 77.5 Å². The maximum Gasteiger partial charge on any atom is 0.260 e. The van der Waals surface area contributed by atoms with Crippen LogP contribution in [0.25, 0.3) is 0 Å². The van der Waals surface area contributed by atoms with Gasteiger partial charge >= 0.3 is 0 Å². The fourth-order valence-electron chi connectivity index (χ4n) is 3.45. The van der Waals surface area contributed by atoms with Crippen LogP contribution < -0.4 is 18.9 Å². The zero-order chi connectivity index (χ0) is 23.1. The lowest BCUT2D eigenvalue weighted by Crippen LogP contribution is -2.52. The fourth-order valence-corrected chi connectivity index (χ4v) is 3.45. The summed E-state index contributed by atoms with van der Waals surface area (Å²) in [5, 5.41) is 0. The van der Waals surface area contributed by atoms with Crippen molar-refractivity contribution >= 4 is 11.8 Å². The van der Waals surface area contributed by atoms with Gasteiger partial charge in [0.05, 0.1) is 14.2 Å². The molecule has 1 fully saturated rings. The molecule has 8 nitrogen and oxygen atoms in total. The van der Waals surface area contributed by atoms with Gasteiger partial charge in [0, 0.05) is 26.2 Å². The first kappa shape index (κ1) is 23.2. The third-order valence-electron chi connectivity index (χ3n) is 5.33. The van der Waals surface area contributed by atoms with Crippen molar-refractivity contribution in [1.29, 1.82) is 0 Å². The molecule has 0 atom stereocenters. The molecule has 1 aliphatic heterocycles. The van der Waals surface area contributed by atoms with E-state index in [4.69, 9.17) is 18.9 Å². The van der Waals surface area contributed by atoms with Gasteiger partial charge in [0.15, 0.2) is 36.2 Å². The highest BCUT2D eigenvalue weighted by Gasteiger charge is 2.25. The van der Waals surface area contributed by atoms with Gasteiger partial charge in [-0.1, -0.05) is 12.1 Å². The molecule has 172 valence electrons. The van der Waals surface area contributed by atoms with E-state index in [0.717, 1.165) is 11.1 Å². The summed E-state index contributed by atoms with van der Waals surface area (Å²) in [7, 11) is 3.14. The van der Waals surface area contributed by atoms with Crippen LogP contribution in [-0.2, 0) is 9.59 Å². The van der Waals surface area contributed by atoms with Crippen molar-refractivity contribution < 1.29 is 28.5 Å². The van der Waals surface area contributed by atoms with Crippen LogP contribution >= 0.6 is 0 Å². The Balaban J connectivity index is 1.45. The smallest absolute Gasteiger partial charge is 0.260 e. The molecule has 32 heavy (non-hydrogen) atoms. The Bertz CT molecular complexity index is 876. The monoisotopic (exact) mass is 442 g/mol. The lowest BCUT2D eigenvalue weighted by molar-refractivity contribution is -0.141. The summed E-state index contributed by atoms with van der Waals surface area (Å²) in [6.45, 7) is 5.56. The molecule has 1 saturated heterocycles. The van der Waals surface area contributed by atoms with Crippen LogP contribution in [0.4, 0.5) is 0 Å². The van der Waals surface area contributed by atoms with Gasteiger partial charge < -0.3 is 28.7 Å². The number of piperazine rings is 1. The van der Waals surface area contributed by atoms with E-state index in [1.54, 1.807) is 36.2 Å². The van der Waals surface area contributed by atoms with E-state index in [1.807, 2.05) is 38.1 Å². The molecule has 0 radical (unpaired) electrons. The van der Waals surface area contributed by atoms with Gasteiger partial charge in [-0.05, 0) is 49.2 Å². The number of amides is 2. The van der Waals surface area contributed by atoms with Gasteiger partial charge in [-0.15, -0.1) is 0 Å². The maximum atomic E-state index is 12.5. The van der Waals surface area contributed by atoms with E-state index in [-0.39, 0.29) is 25.0 Å². The third kappa shape index (κ3) is 5.84. The molecular weight excluding hydrogens is 412 g/mol. The molecule has 0 N–H and O–H groups in total.